The number of hydrogen-bond donors (Lipinski definition) is 0. The van der Waals surface area contributed by atoms with Gasteiger partial charge in [-0.3, -0.25) is 0 Å². The molecule has 1 aliphatic carbocycles. The summed E-state index contributed by atoms with van der Waals surface area (Å²) in [5.74, 6) is 0.927. The van der Waals surface area contributed by atoms with Crippen molar-refractivity contribution in [2.24, 2.45) is 0 Å². The lowest BCUT2D eigenvalue weighted by Gasteiger charge is -2.16. The van der Waals surface area contributed by atoms with Gasteiger partial charge in [0.05, 0.1) is 38.3 Å². The summed E-state index contributed by atoms with van der Waals surface area (Å²) in [6.45, 7) is 0. The Bertz CT molecular complexity index is 3840. The third-order valence-corrected chi connectivity index (χ3v) is 14.0. The van der Waals surface area contributed by atoms with Crippen molar-refractivity contribution in [3.8, 4) is 50.6 Å². The van der Waals surface area contributed by atoms with E-state index in [2.05, 4.69) is 217 Å². The van der Waals surface area contributed by atoms with Gasteiger partial charge >= 0.3 is 0 Å². The van der Waals surface area contributed by atoms with E-state index < -0.39 is 0 Å². The summed E-state index contributed by atoms with van der Waals surface area (Å²) in [4.78, 5) is 15.9. The molecule has 0 fully saturated rings. The van der Waals surface area contributed by atoms with Crippen molar-refractivity contribution in [1.82, 2.24) is 19.5 Å². The Morgan fingerprint density at radius 1 is 0.469 bits per heavy atom. The smallest absolute Gasteiger partial charge is 0.136 e. The Hall–Kier alpha value is -7.99. The van der Waals surface area contributed by atoms with E-state index in [0.717, 1.165) is 68.3 Å². The highest BCUT2D eigenvalue weighted by Gasteiger charge is 2.20. The minimum Gasteiger partial charge on any atom is -0.309 e. The van der Waals surface area contributed by atoms with Crippen LogP contribution in [0, 0.1) is 0 Å². The molecule has 8 aromatic carbocycles. The predicted octanol–water partition coefficient (Wildman–Crippen LogP) is 15.9. The molecule has 0 radical (unpaired) electrons. The van der Waals surface area contributed by atoms with Crippen molar-refractivity contribution in [1.29, 1.82) is 0 Å². The van der Waals surface area contributed by atoms with Crippen LogP contribution in [-0.2, 0) is 0 Å². The first-order valence-electron chi connectivity index (χ1n) is 21.9. The van der Waals surface area contributed by atoms with Gasteiger partial charge in [-0.2, -0.15) is 0 Å². The van der Waals surface area contributed by atoms with Gasteiger partial charge in [0.2, 0.25) is 0 Å². The van der Waals surface area contributed by atoms with Crippen LogP contribution in [0.4, 0.5) is 0 Å². The summed E-state index contributed by atoms with van der Waals surface area (Å²) in [5, 5.41) is 8.68. The second-order valence-electron chi connectivity index (χ2n) is 16.7. The molecule has 64 heavy (non-hydrogen) atoms. The number of aromatic nitrogens is 4. The third-order valence-electron chi connectivity index (χ3n) is 12.9. The first-order valence-corrected chi connectivity index (χ1v) is 22.7. The van der Waals surface area contributed by atoms with Crippen molar-refractivity contribution in [2.45, 2.75) is 12.3 Å². The van der Waals surface area contributed by atoms with E-state index in [4.69, 9.17) is 15.0 Å². The van der Waals surface area contributed by atoms with Crippen LogP contribution < -0.4 is 0 Å². The van der Waals surface area contributed by atoms with E-state index in [-0.39, 0.29) is 5.92 Å². The number of benzene rings is 8. The summed E-state index contributed by atoms with van der Waals surface area (Å²) in [6.07, 6.45) is 9.50. The molecule has 1 aliphatic rings. The maximum atomic E-state index is 5.42. The number of fused-ring (bicyclic) bond motifs is 9. The van der Waals surface area contributed by atoms with Crippen LogP contribution >= 0.6 is 11.3 Å². The van der Waals surface area contributed by atoms with E-state index >= 15 is 0 Å². The summed E-state index contributed by atoms with van der Waals surface area (Å²) in [6, 6.07) is 67.8. The Morgan fingerprint density at radius 2 is 1.12 bits per heavy atom. The minimum absolute atomic E-state index is 0.0982. The normalized spacial score (nSPS) is 13.9. The summed E-state index contributed by atoms with van der Waals surface area (Å²) < 4.78 is 4.86. The number of nitrogens with zero attached hydrogens (tertiary/aromatic N) is 4. The van der Waals surface area contributed by atoms with Crippen molar-refractivity contribution >= 4 is 75.0 Å². The Kier molecular flexibility index (Phi) is 8.49. The highest BCUT2D eigenvalue weighted by molar-refractivity contribution is 7.26. The fourth-order valence-corrected chi connectivity index (χ4v) is 11.0. The quantitative estimate of drug-likeness (QED) is 0.157. The van der Waals surface area contributed by atoms with Crippen LogP contribution in [0.2, 0.25) is 0 Å². The monoisotopic (exact) mass is 834 g/mol. The van der Waals surface area contributed by atoms with Gasteiger partial charge in [0, 0.05) is 59.9 Å². The molecule has 13 rings (SSSR count). The van der Waals surface area contributed by atoms with Gasteiger partial charge in [-0.15, -0.1) is 11.3 Å². The summed E-state index contributed by atoms with van der Waals surface area (Å²) in [5.41, 5.74) is 12.8. The molecule has 0 amide bonds. The highest BCUT2D eigenvalue weighted by atomic mass is 32.1. The molecule has 300 valence electrons. The zero-order valence-electron chi connectivity index (χ0n) is 34.7. The van der Waals surface area contributed by atoms with Crippen LogP contribution in [0.15, 0.2) is 212 Å². The molecule has 0 spiro atoms. The maximum absolute atomic E-state index is 5.42. The van der Waals surface area contributed by atoms with Gasteiger partial charge in [-0.05, 0) is 82.9 Å². The lowest BCUT2D eigenvalue weighted by molar-refractivity contribution is 0.775. The molecule has 0 saturated carbocycles. The third kappa shape index (κ3) is 6.08. The molecule has 0 saturated heterocycles. The van der Waals surface area contributed by atoms with Gasteiger partial charge in [0.15, 0.2) is 0 Å². The van der Waals surface area contributed by atoms with Gasteiger partial charge in [-0.25, -0.2) is 15.0 Å². The first kappa shape index (κ1) is 36.6. The molecular formula is C59H38N4S. The van der Waals surface area contributed by atoms with E-state index in [0.29, 0.717) is 0 Å². The van der Waals surface area contributed by atoms with E-state index in [1.165, 1.54) is 58.1 Å². The van der Waals surface area contributed by atoms with Gasteiger partial charge in [0.1, 0.15) is 5.82 Å². The lowest BCUT2D eigenvalue weighted by Crippen LogP contribution is -2.05. The van der Waals surface area contributed by atoms with Crippen LogP contribution in [0.3, 0.4) is 0 Å². The molecule has 1 atom stereocenters. The fourth-order valence-electron chi connectivity index (χ4n) is 9.75. The predicted molar refractivity (Wildman–Crippen MR) is 269 cm³/mol. The van der Waals surface area contributed by atoms with E-state index in [1.54, 1.807) is 0 Å². The number of thiophene rings is 1. The topological polar surface area (TPSA) is 43.6 Å². The molecule has 4 nitrogen and oxygen atoms in total. The maximum Gasteiger partial charge on any atom is 0.136 e. The van der Waals surface area contributed by atoms with Crippen molar-refractivity contribution in [2.75, 3.05) is 0 Å². The molecule has 5 heteroatoms. The zero-order chi connectivity index (χ0) is 42.1. The summed E-state index contributed by atoms with van der Waals surface area (Å²) >= 11 is 1.83. The molecule has 12 aromatic rings. The molecular weight excluding hydrogens is 797 g/mol. The molecule has 4 heterocycles. The second kappa shape index (κ2) is 14.8. The number of hydrogen-bond acceptors (Lipinski definition) is 4. The Balaban J connectivity index is 0.894. The second-order valence-corrected chi connectivity index (χ2v) is 17.8. The van der Waals surface area contributed by atoms with Gasteiger partial charge < -0.3 is 4.57 Å². The number of rotatable bonds is 6. The zero-order valence-corrected chi connectivity index (χ0v) is 35.5. The fraction of sp³-hybridized carbons (Fsp3) is 0.0339. The number of allylic oxidation sites excluding steroid dienone is 4. The van der Waals surface area contributed by atoms with Crippen LogP contribution in [0.5, 0.6) is 0 Å². The van der Waals surface area contributed by atoms with Crippen molar-refractivity contribution < 1.29 is 0 Å². The SMILES string of the molecule is C1=CCC(c2nc(-c3ccc(-c4cccc(-c5nc6cc7ccccc7cc6c6c5sc5ccccc56)c4)cc3)cc(-c3cccc(-n4c5ccccc5c5ccccc54)c3)n2)C=C1. The molecule has 0 N–H and O–H groups in total. The first-order chi connectivity index (χ1) is 31.7. The Morgan fingerprint density at radius 3 is 1.91 bits per heavy atom. The largest absolute Gasteiger partial charge is 0.309 e. The molecule has 0 aliphatic heterocycles. The van der Waals surface area contributed by atoms with Crippen LogP contribution in [0.1, 0.15) is 18.2 Å². The Labute approximate surface area is 373 Å². The molecule has 4 aromatic heterocycles. The van der Waals surface area contributed by atoms with Gasteiger partial charge in [-0.1, -0.05) is 158 Å². The van der Waals surface area contributed by atoms with Gasteiger partial charge in [0.25, 0.3) is 0 Å². The van der Waals surface area contributed by atoms with E-state index in [9.17, 15) is 0 Å². The average molecular weight is 835 g/mol. The molecule has 0 bridgehead atoms. The average Bonchev–Trinajstić information content (AvgIpc) is 3.93. The van der Waals surface area contributed by atoms with E-state index in [1.807, 2.05) is 11.3 Å². The van der Waals surface area contributed by atoms with Crippen LogP contribution in [0.25, 0.3) is 114 Å². The lowest BCUT2D eigenvalue weighted by atomic mass is 9.97. The number of para-hydroxylation sites is 2. The molecule has 1 unspecified atom stereocenters. The highest BCUT2D eigenvalue weighted by Crippen LogP contribution is 2.44. The van der Waals surface area contributed by atoms with Crippen molar-refractivity contribution in [3.05, 3.63) is 218 Å². The summed E-state index contributed by atoms with van der Waals surface area (Å²) in [7, 11) is 0. The standard InChI is InChI=1S/C59H38N4S/c1-2-14-39(15-3-1)59-61-50(36-51(62-59)43-19-13-21-45(33-43)63-53-25-9-6-22-46(53)47-23-7-10-26-54(47)63)38-30-28-37(29-31-38)40-18-12-20-44(32-40)57-58-56(48-24-8-11-27-55(48)64-58)49-34-41-16-4-5-17-42(41)35-52(49)60-57/h1-14,16-36,39H,15H2. The number of pyridine rings is 1. The van der Waals surface area contributed by atoms with Crippen molar-refractivity contribution in [3.63, 3.8) is 0 Å². The van der Waals surface area contributed by atoms with Crippen LogP contribution in [-0.4, -0.2) is 19.5 Å². The minimum atomic E-state index is 0.0982.